The molecular formula is C18H21N5O4S. The summed E-state index contributed by atoms with van der Waals surface area (Å²) in [5.41, 5.74) is 8.07. The molecule has 28 heavy (non-hydrogen) atoms. The Kier molecular flexibility index (Phi) is 5.47. The summed E-state index contributed by atoms with van der Waals surface area (Å²) in [7, 11) is 1.49. The number of anilines is 1. The molecule has 1 aliphatic rings. The van der Waals surface area contributed by atoms with Gasteiger partial charge < -0.3 is 25.4 Å². The number of benzene rings is 1. The minimum absolute atomic E-state index is 0.261. The first-order chi connectivity index (χ1) is 13.6. The normalized spacial score (nSPS) is 24.8. The van der Waals surface area contributed by atoms with Crippen LogP contribution < -0.4 is 5.73 Å². The number of hydrogen-bond donors (Lipinski definition) is 3. The SMILES string of the molecule is CO[C@@H]1[C@H](O)[C@@H](CO)O[C@H]1n1c(SCc2ccccc2)nc2c(N)ncnc21. The number of aliphatic hydroxyl groups is 2. The predicted octanol–water partition coefficient (Wildman–Crippen LogP) is 0.966. The van der Waals surface area contributed by atoms with Gasteiger partial charge in [0.15, 0.2) is 28.4 Å². The van der Waals surface area contributed by atoms with E-state index < -0.39 is 24.5 Å². The summed E-state index contributed by atoms with van der Waals surface area (Å²) in [5.74, 6) is 0.935. The van der Waals surface area contributed by atoms with Crippen molar-refractivity contribution in [2.24, 2.45) is 0 Å². The number of nitrogens with zero attached hydrogens (tertiary/aromatic N) is 4. The van der Waals surface area contributed by atoms with Crippen LogP contribution in [0.1, 0.15) is 11.8 Å². The molecule has 1 saturated heterocycles. The van der Waals surface area contributed by atoms with E-state index in [-0.39, 0.29) is 12.4 Å². The van der Waals surface area contributed by atoms with Gasteiger partial charge in [-0.25, -0.2) is 15.0 Å². The maximum absolute atomic E-state index is 10.4. The molecule has 0 spiro atoms. The molecular weight excluding hydrogens is 382 g/mol. The van der Waals surface area contributed by atoms with Crippen molar-refractivity contribution in [2.75, 3.05) is 19.5 Å². The van der Waals surface area contributed by atoms with Gasteiger partial charge >= 0.3 is 0 Å². The van der Waals surface area contributed by atoms with E-state index in [1.807, 2.05) is 30.3 Å². The average Bonchev–Trinajstić information content (AvgIpc) is 3.24. The van der Waals surface area contributed by atoms with Gasteiger partial charge in [0, 0.05) is 12.9 Å². The second-order valence-corrected chi connectivity index (χ2v) is 7.35. The summed E-state index contributed by atoms with van der Waals surface area (Å²) in [6.07, 6.45) is -1.79. The fourth-order valence-electron chi connectivity index (χ4n) is 3.29. The third kappa shape index (κ3) is 3.33. The van der Waals surface area contributed by atoms with Crippen LogP contribution in [0.15, 0.2) is 41.8 Å². The second-order valence-electron chi connectivity index (χ2n) is 6.41. The largest absolute Gasteiger partial charge is 0.394 e. The first kappa shape index (κ1) is 19.1. The van der Waals surface area contributed by atoms with Crippen LogP contribution in [0.2, 0.25) is 0 Å². The molecule has 3 heterocycles. The highest BCUT2D eigenvalue weighted by atomic mass is 32.2. The van der Waals surface area contributed by atoms with Crippen LogP contribution in [0, 0.1) is 0 Å². The summed E-state index contributed by atoms with van der Waals surface area (Å²) in [4.78, 5) is 12.9. The summed E-state index contributed by atoms with van der Waals surface area (Å²) in [6.45, 7) is -0.326. The fourth-order valence-corrected chi connectivity index (χ4v) is 4.26. The minimum Gasteiger partial charge on any atom is -0.394 e. The number of nitrogen functional groups attached to an aromatic ring is 1. The standard InChI is InChI=1S/C18H21N5O4S/c1-26-14-13(25)11(7-24)27-17(14)23-16-12(15(19)20-9-21-16)22-18(23)28-8-10-5-3-2-4-6-10/h2-6,9,11,13-14,17,24-25H,7-8H2,1H3,(H2,19,20,21)/t11-,13-,14-,17-/m1/s1. The molecule has 10 heteroatoms. The third-order valence-electron chi connectivity index (χ3n) is 4.70. The summed E-state index contributed by atoms with van der Waals surface area (Å²) < 4.78 is 13.1. The molecule has 0 aliphatic carbocycles. The molecule has 1 aromatic carbocycles. The van der Waals surface area contributed by atoms with Crippen molar-refractivity contribution in [1.29, 1.82) is 0 Å². The predicted molar refractivity (Wildman–Crippen MR) is 104 cm³/mol. The fraction of sp³-hybridized carbons (Fsp3) is 0.389. The van der Waals surface area contributed by atoms with Gasteiger partial charge in [-0.2, -0.15) is 0 Å². The van der Waals surface area contributed by atoms with E-state index in [0.717, 1.165) is 5.56 Å². The molecule has 9 nitrogen and oxygen atoms in total. The molecule has 1 fully saturated rings. The molecule has 3 aromatic rings. The highest BCUT2D eigenvalue weighted by Crippen LogP contribution is 2.38. The Hall–Kier alpha value is -2.24. The highest BCUT2D eigenvalue weighted by Gasteiger charge is 2.46. The number of ether oxygens (including phenoxy) is 2. The summed E-state index contributed by atoms with van der Waals surface area (Å²) >= 11 is 1.49. The molecule has 0 unspecified atom stereocenters. The van der Waals surface area contributed by atoms with Crippen LogP contribution in [0.5, 0.6) is 0 Å². The average molecular weight is 403 g/mol. The van der Waals surface area contributed by atoms with Gasteiger partial charge in [0.1, 0.15) is 24.6 Å². The van der Waals surface area contributed by atoms with Crippen molar-refractivity contribution in [2.45, 2.75) is 35.4 Å². The zero-order valence-corrected chi connectivity index (χ0v) is 16.0. The van der Waals surface area contributed by atoms with Crippen molar-refractivity contribution in [3.8, 4) is 0 Å². The Morgan fingerprint density at radius 3 is 2.79 bits per heavy atom. The molecule has 0 bridgehead atoms. The number of methoxy groups -OCH3 is 1. The van der Waals surface area contributed by atoms with Crippen LogP contribution in [-0.2, 0) is 15.2 Å². The molecule has 0 radical (unpaired) electrons. The van der Waals surface area contributed by atoms with E-state index in [1.54, 1.807) is 4.57 Å². The second kappa shape index (κ2) is 8.02. The first-order valence-electron chi connectivity index (χ1n) is 8.76. The van der Waals surface area contributed by atoms with Crippen LogP contribution in [0.25, 0.3) is 11.2 Å². The number of fused-ring (bicyclic) bond motifs is 1. The molecule has 2 aromatic heterocycles. The molecule has 1 aliphatic heterocycles. The maximum Gasteiger partial charge on any atom is 0.172 e. The zero-order valence-electron chi connectivity index (χ0n) is 15.2. The monoisotopic (exact) mass is 403 g/mol. The lowest BCUT2D eigenvalue weighted by molar-refractivity contribution is -0.0623. The van der Waals surface area contributed by atoms with Crippen molar-refractivity contribution in [3.05, 3.63) is 42.2 Å². The van der Waals surface area contributed by atoms with Crippen LogP contribution >= 0.6 is 11.8 Å². The number of thioether (sulfide) groups is 1. The highest BCUT2D eigenvalue weighted by molar-refractivity contribution is 7.98. The van der Waals surface area contributed by atoms with Gasteiger partial charge in [-0.15, -0.1) is 0 Å². The maximum atomic E-state index is 10.4. The Morgan fingerprint density at radius 2 is 2.07 bits per heavy atom. The van der Waals surface area contributed by atoms with E-state index in [1.165, 1.54) is 25.2 Å². The van der Waals surface area contributed by atoms with Gasteiger partial charge in [-0.3, -0.25) is 4.57 Å². The Labute approximate surface area is 165 Å². The molecule has 4 atom stereocenters. The smallest absolute Gasteiger partial charge is 0.172 e. The van der Waals surface area contributed by atoms with Crippen molar-refractivity contribution < 1.29 is 19.7 Å². The van der Waals surface area contributed by atoms with E-state index in [0.29, 0.717) is 22.1 Å². The number of rotatable bonds is 6. The van der Waals surface area contributed by atoms with Gasteiger partial charge in [0.2, 0.25) is 0 Å². The minimum atomic E-state index is -0.983. The number of nitrogens with two attached hydrogens (primary N) is 1. The third-order valence-corrected chi connectivity index (χ3v) is 5.73. The van der Waals surface area contributed by atoms with E-state index in [9.17, 15) is 10.2 Å². The lowest BCUT2D eigenvalue weighted by Gasteiger charge is -2.21. The lowest BCUT2D eigenvalue weighted by Crippen LogP contribution is -2.34. The Morgan fingerprint density at radius 1 is 1.29 bits per heavy atom. The van der Waals surface area contributed by atoms with Crippen LogP contribution in [0.3, 0.4) is 0 Å². The Balaban J connectivity index is 1.76. The van der Waals surface area contributed by atoms with Crippen molar-refractivity contribution in [1.82, 2.24) is 19.5 Å². The van der Waals surface area contributed by atoms with Gasteiger partial charge in [-0.05, 0) is 5.56 Å². The zero-order chi connectivity index (χ0) is 19.7. The van der Waals surface area contributed by atoms with Crippen molar-refractivity contribution in [3.63, 3.8) is 0 Å². The van der Waals surface area contributed by atoms with Gasteiger partial charge in [-0.1, -0.05) is 42.1 Å². The van der Waals surface area contributed by atoms with Gasteiger partial charge in [0.05, 0.1) is 6.61 Å². The molecule has 0 amide bonds. The van der Waals surface area contributed by atoms with E-state index >= 15 is 0 Å². The summed E-state index contributed by atoms with van der Waals surface area (Å²) in [6, 6.07) is 9.98. The van der Waals surface area contributed by atoms with Gasteiger partial charge in [0.25, 0.3) is 0 Å². The molecule has 4 rings (SSSR count). The van der Waals surface area contributed by atoms with E-state index in [2.05, 4.69) is 15.0 Å². The number of aromatic nitrogens is 4. The molecule has 4 N–H and O–H groups in total. The number of hydrogen-bond acceptors (Lipinski definition) is 9. The lowest BCUT2D eigenvalue weighted by atomic mass is 10.1. The van der Waals surface area contributed by atoms with Crippen LogP contribution in [0.4, 0.5) is 5.82 Å². The number of aliphatic hydroxyl groups excluding tert-OH is 2. The van der Waals surface area contributed by atoms with Crippen LogP contribution in [-0.4, -0.2) is 61.8 Å². The first-order valence-corrected chi connectivity index (χ1v) is 9.75. The van der Waals surface area contributed by atoms with E-state index in [4.69, 9.17) is 15.2 Å². The quantitative estimate of drug-likeness (QED) is 0.516. The molecule has 0 saturated carbocycles. The Bertz CT molecular complexity index is 954. The summed E-state index contributed by atoms with van der Waals surface area (Å²) in [5, 5.41) is 20.6. The molecule has 148 valence electrons. The topological polar surface area (TPSA) is 129 Å². The van der Waals surface area contributed by atoms with Crippen molar-refractivity contribution >= 4 is 28.7 Å². The number of imidazole rings is 1.